The standard InChI is InChI=1S/C69H120O6/c1-4-7-10-13-16-19-22-25-28-31-33-34-36-39-42-45-48-51-54-57-60-63-69(72)75-66(64-73-67(70)61-58-55-52-49-46-43-40-37-30-27-24-21-18-15-12-9-6-3)65-74-68(71)62-59-56-53-50-47-44-41-38-35-32-29-26-23-20-17-14-11-8-5-2/h8,11,17,20,26-27,29-30,35,38,44,47,53,56,66H,4-7,9-10,12-16,18-19,21-25,28,31-34,36-37,39-43,45-46,48-52,54-55,57-65H2,1-3H3/b11-8-,20-17-,29-26-,30-27-,38-35-,47-44-,56-53-/t66-/m0/s1. The van der Waals surface area contributed by atoms with Crippen molar-refractivity contribution < 1.29 is 28.6 Å². The van der Waals surface area contributed by atoms with Crippen LogP contribution in [0.2, 0.25) is 0 Å². The Kier molecular flexibility index (Phi) is 60.3. The van der Waals surface area contributed by atoms with Gasteiger partial charge in [0.2, 0.25) is 0 Å². The van der Waals surface area contributed by atoms with Gasteiger partial charge in [-0.2, -0.15) is 0 Å². The number of unbranched alkanes of at least 4 members (excludes halogenated alkanes) is 33. The topological polar surface area (TPSA) is 78.9 Å². The number of ether oxygens (including phenoxy) is 3. The molecule has 0 aliphatic rings. The van der Waals surface area contributed by atoms with Gasteiger partial charge in [-0.1, -0.05) is 298 Å². The van der Waals surface area contributed by atoms with Gasteiger partial charge in [-0.25, -0.2) is 0 Å². The number of carbonyl (C=O) groups is 3. The summed E-state index contributed by atoms with van der Waals surface area (Å²) >= 11 is 0. The molecule has 6 heteroatoms. The normalized spacial score (nSPS) is 12.6. The first kappa shape index (κ1) is 71.6. The van der Waals surface area contributed by atoms with E-state index in [1.807, 2.05) is 6.08 Å². The van der Waals surface area contributed by atoms with Crippen molar-refractivity contribution in [2.24, 2.45) is 0 Å². The molecule has 0 saturated carbocycles. The third-order valence-electron chi connectivity index (χ3n) is 13.9. The summed E-state index contributed by atoms with van der Waals surface area (Å²) in [5, 5.41) is 0. The zero-order valence-electron chi connectivity index (χ0n) is 49.6. The summed E-state index contributed by atoms with van der Waals surface area (Å²) in [5.74, 6) is -0.976. The second-order valence-electron chi connectivity index (χ2n) is 21.3. The predicted octanol–water partition coefficient (Wildman–Crippen LogP) is 21.9. The summed E-state index contributed by atoms with van der Waals surface area (Å²) in [7, 11) is 0. The number of hydrogen-bond donors (Lipinski definition) is 0. The lowest BCUT2D eigenvalue weighted by molar-refractivity contribution is -0.166. The minimum absolute atomic E-state index is 0.0995. The van der Waals surface area contributed by atoms with Gasteiger partial charge in [0.15, 0.2) is 6.10 Å². The van der Waals surface area contributed by atoms with Crippen LogP contribution in [0.1, 0.15) is 316 Å². The summed E-state index contributed by atoms with van der Waals surface area (Å²) in [6.07, 6.45) is 83.1. The largest absolute Gasteiger partial charge is 0.462 e. The fraction of sp³-hybridized carbons (Fsp3) is 0.754. The second-order valence-corrected chi connectivity index (χ2v) is 21.3. The molecule has 0 aliphatic heterocycles. The van der Waals surface area contributed by atoms with E-state index in [1.54, 1.807) is 0 Å². The Balaban J connectivity index is 4.45. The highest BCUT2D eigenvalue weighted by atomic mass is 16.6. The van der Waals surface area contributed by atoms with Gasteiger partial charge < -0.3 is 14.2 Å². The van der Waals surface area contributed by atoms with Crippen LogP contribution in [0.25, 0.3) is 0 Å². The first-order chi connectivity index (χ1) is 37.0. The number of hydrogen-bond acceptors (Lipinski definition) is 6. The van der Waals surface area contributed by atoms with Crippen molar-refractivity contribution in [3.63, 3.8) is 0 Å². The molecule has 432 valence electrons. The van der Waals surface area contributed by atoms with Crippen LogP contribution >= 0.6 is 0 Å². The first-order valence-corrected chi connectivity index (χ1v) is 32.1. The van der Waals surface area contributed by atoms with Crippen LogP contribution in [-0.4, -0.2) is 37.2 Å². The van der Waals surface area contributed by atoms with Crippen molar-refractivity contribution in [3.8, 4) is 0 Å². The third-order valence-corrected chi connectivity index (χ3v) is 13.9. The van der Waals surface area contributed by atoms with Gasteiger partial charge in [0.1, 0.15) is 13.2 Å². The molecule has 75 heavy (non-hydrogen) atoms. The van der Waals surface area contributed by atoms with E-state index in [9.17, 15) is 14.4 Å². The number of allylic oxidation sites excluding steroid dienone is 14. The van der Waals surface area contributed by atoms with Crippen LogP contribution in [-0.2, 0) is 28.6 Å². The Morgan fingerprint density at radius 1 is 0.280 bits per heavy atom. The Morgan fingerprint density at radius 2 is 0.547 bits per heavy atom. The molecule has 0 aromatic carbocycles. The maximum absolute atomic E-state index is 12.9. The molecule has 1 atom stereocenters. The summed E-state index contributed by atoms with van der Waals surface area (Å²) in [6.45, 7) is 6.50. The summed E-state index contributed by atoms with van der Waals surface area (Å²) in [4.78, 5) is 38.3. The smallest absolute Gasteiger partial charge is 0.306 e. The van der Waals surface area contributed by atoms with Gasteiger partial charge in [0.25, 0.3) is 0 Å². The number of carbonyl (C=O) groups excluding carboxylic acids is 3. The van der Waals surface area contributed by atoms with Gasteiger partial charge in [-0.05, 0) is 83.5 Å². The molecule has 0 aliphatic carbocycles. The van der Waals surface area contributed by atoms with E-state index in [0.717, 1.165) is 77.0 Å². The summed E-state index contributed by atoms with van der Waals surface area (Å²) in [6, 6.07) is 0. The lowest BCUT2D eigenvalue weighted by Gasteiger charge is -2.18. The Bertz CT molecular complexity index is 1430. The van der Waals surface area contributed by atoms with Crippen LogP contribution in [0.15, 0.2) is 85.1 Å². The molecule has 0 aromatic rings. The summed E-state index contributed by atoms with van der Waals surface area (Å²) in [5.41, 5.74) is 0. The number of esters is 3. The van der Waals surface area contributed by atoms with E-state index in [-0.39, 0.29) is 37.5 Å². The lowest BCUT2D eigenvalue weighted by Crippen LogP contribution is -2.30. The Morgan fingerprint density at radius 3 is 0.893 bits per heavy atom. The number of rotatable bonds is 58. The van der Waals surface area contributed by atoms with Gasteiger partial charge >= 0.3 is 17.9 Å². The molecular formula is C69H120O6. The monoisotopic (exact) mass is 1040 g/mol. The zero-order valence-corrected chi connectivity index (χ0v) is 49.6. The molecule has 0 fully saturated rings. The van der Waals surface area contributed by atoms with Crippen molar-refractivity contribution >= 4 is 17.9 Å². The highest BCUT2D eigenvalue weighted by Gasteiger charge is 2.19. The molecule has 0 aromatic heterocycles. The predicted molar refractivity (Wildman–Crippen MR) is 325 cm³/mol. The Labute approximate surface area is 465 Å². The molecule has 0 bridgehead atoms. The van der Waals surface area contributed by atoms with Crippen molar-refractivity contribution in [1.29, 1.82) is 0 Å². The fourth-order valence-electron chi connectivity index (χ4n) is 9.11. The van der Waals surface area contributed by atoms with Crippen molar-refractivity contribution in [2.75, 3.05) is 13.2 Å². The SMILES string of the molecule is CC/C=C\C/C=C\C/C=C\C/C=C\C/C=C\C/C=C\CCC(=O)OC[C@H](COC(=O)CCCCCCCCC/C=C\CCCCCCCC)OC(=O)CCCCCCCCCCCCCCCCCCCCCCC. The van der Waals surface area contributed by atoms with E-state index >= 15 is 0 Å². The van der Waals surface area contributed by atoms with Crippen LogP contribution in [0, 0.1) is 0 Å². The quantitative estimate of drug-likeness (QED) is 0.0261. The maximum Gasteiger partial charge on any atom is 0.306 e. The van der Waals surface area contributed by atoms with Crippen LogP contribution in [0.4, 0.5) is 0 Å². The summed E-state index contributed by atoms with van der Waals surface area (Å²) < 4.78 is 16.9. The van der Waals surface area contributed by atoms with Crippen molar-refractivity contribution in [2.45, 2.75) is 322 Å². The lowest BCUT2D eigenvalue weighted by atomic mass is 10.0. The molecule has 0 amide bonds. The van der Waals surface area contributed by atoms with E-state index in [1.165, 1.54) is 193 Å². The average Bonchev–Trinajstić information content (AvgIpc) is 3.41. The van der Waals surface area contributed by atoms with E-state index in [0.29, 0.717) is 19.3 Å². The fourth-order valence-corrected chi connectivity index (χ4v) is 9.11. The van der Waals surface area contributed by atoms with Gasteiger partial charge in [-0.15, -0.1) is 0 Å². The molecule has 0 rings (SSSR count). The minimum Gasteiger partial charge on any atom is -0.462 e. The van der Waals surface area contributed by atoms with Gasteiger partial charge in [0, 0.05) is 19.3 Å². The van der Waals surface area contributed by atoms with Crippen molar-refractivity contribution in [1.82, 2.24) is 0 Å². The highest BCUT2D eigenvalue weighted by molar-refractivity contribution is 5.71. The van der Waals surface area contributed by atoms with Crippen LogP contribution in [0.3, 0.4) is 0 Å². The van der Waals surface area contributed by atoms with Gasteiger partial charge in [-0.3, -0.25) is 14.4 Å². The van der Waals surface area contributed by atoms with Crippen molar-refractivity contribution in [3.05, 3.63) is 85.1 Å². The van der Waals surface area contributed by atoms with Gasteiger partial charge in [0.05, 0.1) is 0 Å². The molecule has 0 spiro atoms. The van der Waals surface area contributed by atoms with E-state index in [4.69, 9.17) is 14.2 Å². The molecule has 0 unspecified atom stereocenters. The molecule has 6 nitrogen and oxygen atoms in total. The minimum atomic E-state index is -0.809. The highest BCUT2D eigenvalue weighted by Crippen LogP contribution is 2.17. The molecule has 0 heterocycles. The molecule has 0 saturated heterocycles. The molecule has 0 radical (unpaired) electrons. The van der Waals surface area contributed by atoms with E-state index in [2.05, 4.69) is 99.8 Å². The zero-order chi connectivity index (χ0) is 54.3. The van der Waals surface area contributed by atoms with E-state index < -0.39 is 6.10 Å². The Hall–Kier alpha value is -3.41. The van der Waals surface area contributed by atoms with Crippen LogP contribution in [0.5, 0.6) is 0 Å². The van der Waals surface area contributed by atoms with Crippen LogP contribution < -0.4 is 0 Å². The maximum atomic E-state index is 12.9. The molecule has 0 N–H and O–H groups in total. The first-order valence-electron chi connectivity index (χ1n) is 32.1. The molecular weight excluding hydrogens is 925 g/mol. The second kappa shape index (κ2) is 63.1. The average molecular weight is 1050 g/mol. The third kappa shape index (κ3) is 61.3.